The molecule has 140 valence electrons. The Morgan fingerprint density at radius 1 is 1.12 bits per heavy atom. The van der Waals surface area contributed by atoms with Gasteiger partial charge >= 0.3 is 0 Å². The van der Waals surface area contributed by atoms with Gasteiger partial charge in [-0.25, -0.2) is 0 Å². The molecule has 0 aliphatic carbocycles. The Bertz CT molecular complexity index is 540. The molecule has 25 heavy (non-hydrogen) atoms. The molecule has 0 aliphatic rings. The average molecular weight is 347 g/mol. The molecule has 0 saturated heterocycles. The number of aliphatic imine (C=N–C) groups is 1. The van der Waals surface area contributed by atoms with E-state index in [-0.39, 0.29) is 5.91 Å². The third-order valence-electron chi connectivity index (χ3n) is 3.91. The highest BCUT2D eigenvalue weighted by atomic mass is 16.2. The number of unbranched alkanes of at least 4 members (excludes halogenated alkanes) is 3. The molecule has 1 aromatic rings. The van der Waals surface area contributed by atoms with Gasteiger partial charge in [-0.15, -0.1) is 0 Å². The lowest BCUT2D eigenvalue weighted by atomic mass is 10.1. The first kappa shape index (κ1) is 21.0. The maximum absolute atomic E-state index is 12.0. The average Bonchev–Trinajstić information content (AvgIpc) is 2.61. The Kier molecular flexibility index (Phi) is 10.4. The molecule has 5 nitrogen and oxygen atoms in total. The van der Waals surface area contributed by atoms with E-state index in [1.54, 1.807) is 19.0 Å². The van der Waals surface area contributed by atoms with Crippen LogP contribution in [0.25, 0.3) is 0 Å². The SMILES string of the molecule is CCCCCCN=C(NCC)NCCc1cccc(C(=O)N(C)C)c1. The summed E-state index contributed by atoms with van der Waals surface area (Å²) in [5, 5.41) is 6.66. The van der Waals surface area contributed by atoms with Gasteiger partial charge in [-0.2, -0.15) is 0 Å². The third-order valence-corrected chi connectivity index (χ3v) is 3.91. The van der Waals surface area contributed by atoms with Crippen LogP contribution in [0.4, 0.5) is 0 Å². The maximum atomic E-state index is 12.0. The molecule has 2 N–H and O–H groups in total. The number of nitrogens with zero attached hydrogens (tertiary/aromatic N) is 2. The van der Waals surface area contributed by atoms with E-state index in [9.17, 15) is 4.79 Å². The van der Waals surface area contributed by atoms with Crippen LogP contribution in [0.3, 0.4) is 0 Å². The highest BCUT2D eigenvalue weighted by Gasteiger charge is 2.08. The smallest absolute Gasteiger partial charge is 0.253 e. The minimum atomic E-state index is 0.0387. The fourth-order valence-electron chi connectivity index (χ4n) is 2.51. The summed E-state index contributed by atoms with van der Waals surface area (Å²) in [4.78, 5) is 18.3. The van der Waals surface area contributed by atoms with E-state index >= 15 is 0 Å². The molecular formula is C20H34N4O. The van der Waals surface area contributed by atoms with Crippen LogP contribution in [0, 0.1) is 0 Å². The molecule has 0 saturated carbocycles. The number of amides is 1. The van der Waals surface area contributed by atoms with Gasteiger partial charge in [0.15, 0.2) is 5.96 Å². The zero-order chi connectivity index (χ0) is 18.5. The fourth-order valence-corrected chi connectivity index (χ4v) is 2.51. The Morgan fingerprint density at radius 2 is 1.92 bits per heavy atom. The monoisotopic (exact) mass is 346 g/mol. The highest BCUT2D eigenvalue weighted by Crippen LogP contribution is 2.07. The van der Waals surface area contributed by atoms with Crippen LogP contribution >= 0.6 is 0 Å². The van der Waals surface area contributed by atoms with Crippen molar-refractivity contribution in [3.05, 3.63) is 35.4 Å². The zero-order valence-electron chi connectivity index (χ0n) is 16.3. The van der Waals surface area contributed by atoms with E-state index in [1.165, 1.54) is 19.3 Å². The molecule has 0 spiro atoms. The number of nitrogens with one attached hydrogen (secondary N) is 2. The molecule has 0 radical (unpaired) electrons. The summed E-state index contributed by atoms with van der Waals surface area (Å²) < 4.78 is 0. The van der Waals surface area contributed by atoms with Crippen LogP contribution < -0.4 is 10.6 Å². The van der Waals surface area contributed by atoms with E-state index in [0.717, 1.165) is 49.6 Å². The van der Waals surface area contributed by atoms with E-state index in [0.29, 0.717) is 0 Å². The predicted molar refractivity (Wildman–Crippen MR) is 106 cm³/mol. The summed E-state index contributed by atoms with van der Waals surface area (Å²) in [6.45, 7) is 6.80. The third kappa shape index (κ3) is 8.57. The van der Waals surface area contributed by atoms with Crippen molar-refractivity contribution in [1.29, 1.82) is 0 Å². The lowest BCUT2D eigenvalue weighted by molar-refractivity contribution is 0.0827. The molecule has 0 fully saturated rings. The molecule has 0 bridgehead atoms. The first-order chi connectivity index (χ1) is 12.1. The van der Waals surface area contributed by atoms with Gasteiger partial charge in [-0.3, -0.25) is 9.79 Å². The van der Waals surface area contributed by atoms with Gasteiger partial charge in [-0.1, -0.05) is 38.3 Å². The van der Waals surface area contributed by atoms with Crippen molar-refractivity contribution < 1.29 is 4.79 Å². The van der Waals surface area contributed by atoms with Crippen molar-refractivity contribution in [3.8, 4) is 0 Å². The van der Waals surface area contributed by atoms with Gasteiger partial charge in [0, 0.05) is 39.3 Å². The second kappa shape index (κ2) is 12.3. The first-order valence-electron chi connectivity index (χ1n) is 9.41. The van der Waals surface area contributed by atoms with Gasteiger partial charge in [0.25, 0.3) is 5.91 Å². The molecule has 0 unspecified atom stereocenters. The molecule has 1 rings (SSSR count). The molecule has 0 atom stereocenters. The van der Waals surface area contributed by atoms with E-state index in [4.69, 9.17) is 0 Å². The minimum absolute atomic E-state index is 0.0387. The van der Waals surface area contributed by atoms with E-state index < -0.39 is 0 Å². The van der Waals surface area contributed by atoms with Crippen LogP contribution in [0.5, 0.6) is 0 Å². The Hall–Kier alpha value is -2.04. The zero-order valence-corrected chi connectivity index (χ0v) is 16.3. The largest absolute Gasteiger partial charge is 0.357 e. The summed E-state index contributed by atoms with van der Waals surface area (Å²) in [6.07, 6.45) is 5.76. The maximum Gasteiger partial charge on any atom is 0.253 e. The Morgan fingerprint density at radius 3 is 2.60 bits per heavy atom. The van der Waals surface area contributed by atoms with Crippen molar-refractivity contribution >= 4 is 11.9 Å². The number of rotatable bonds is 10. The van der Waals surface area contributed by atoms with E-state index in [2.05, 4.69) is 35.5 Å². The number of carbonyl (C=O) groups is 1. The van der Waals surface area contributed by atoms with Gasteiger partial charge in [0.1, 0.15) is 0 Å². The van der Waals surface area contributed by atoms with Gasteiger partial charge in [0.05, 0.1) is 0 Å². The minimum Gasteiger partial charge on any atom is -0.357 e. The summed E-state index contributed by atoms with van der Waals surface area (Å²) >= 11 is 0. The lowest BCUT2D eigenvalue weighted by Gasteiger charge is -2.13. The number of guanidine groups is 1. The number of hydrogen-bond donors (Lipinski definition) is 2. The van der Waals surface area contributed by atoms with Gasteiger partial charge < -0.3 is 15.5 Å². The van der Waals surface area contributed by atoms with Gasteiger partial charge in [-0.05, 0) is 37.5 Å². The standard InChI is InChI=1S/C20H34N4O/c1-5-7-8-9-14-22-20(21-6-2)23-15-13-17-11-10-12-18(16-17)19(25)24(3)4/h10-12,16H,5-9,13-15H2,1-4H3,(H2,21,22,23). The summed E-state index contributed by atoms with van der Waals surface area (Å²) in [6, 6.07) is 7.84. The van der Waals surface area contributed by atoms with Crippen LogP contribution in [-0.4, -0.2) is 50.5 Å². The predicted octanol–water partition coefficient (Wildman–Crippen LogP) is 3.07. The highest BCUT2D eigenvalue weighted by molar-refractivity contribution is 5.94. The number of hydrogen-bond acceptors (Lipinski definition) is 2. The van der Waals surface area contributed by atoms with Crippen LogP contribution in [0.15, 0.2) is 29.3 Å². The van der Waals surface area contributed by atoms with Crippen molar-refractivity contribution in [3.63, 3.8) is 0 Å². The first-order valence-corrected chi connectivity index (χ1v) is 9.41. The van der Waals surface area contributed by atoms with Crippen molar-refractivity contribution in [2.24, 2.45) is 4.99 Å². The van der Waals surface area contributed by atoms with Crippen molar-refractivity contribution in [2.45, 2.75) is 46.0 Å². The second-order valence-electron chi connectivity index (χ2n) is 6.40. The van der Waals surface area contributed by atoms with Crippen molar-refractivity contribution in [2.75, 3.05) is 33.7 Å². The number of benzene rings is 1. The molecule has 0 aliphatic heterocycles. The normalized spacial score (nSPS) is 11.3. The summed E-state index contributed by atoms with van der Waals surface area (Å²) in [5.74, 6) is 0.913. The van der Waals surface area contributed by atoms with Gasteiger partial charge in [0.2, 0.25) is 0 Å². The molecular weight excluding hydrogens is 312 g/mol. The molecule has 1 amide bonds. The molecule has 1 aromatic carbocycles. The molecule has 5 heteroatoms. The van der Waals surface area contributed by atoms with Crippen LogP contribution in [-0.2, 0) is 6.42 Å². The molecule has 0 heterocycles. The number of carbonyl (C=O) groups excluding carboxylic acids is 1. The second-order valence-corrected chi connectivity index (χ2v) is 6.40. The van der Waals surface area contributed by atoms with Crippen molar-refractivity contribution in [1.82, 2.24) is 15.5 Å². The van der Waals surface area contributed by atoms with Crippen LogP contribution in [0.2, 0.25) is 0 Å². The lowest BCUT2D eigenvalue weighted by Crippen LogP contribution is -2.38. The summed E-state index contributed by atoms with van der Waals surface area (Å²) in [5.41, 5.74) is 1.89. The molecule has 0 aromatic heterocycles. The topological polar surface area (TPSA) is 56.7 Å². The summed E-state index contributed by atoms with van der Waals surface area (Å²) in [7, 11) is 3.55. The fraction of sp³-hybridized carbons (Fsp3) is 0.600. The Labute approximate surface area is 152 Å². The van der Waals surface area contributed by atoms with Crippen LogP contribution in [0.1, 0.15) is 55.5 Å². The quantitative estimate of drug-likeness (QED) is 0.389. The Balaban J connectivity index is 2.48. The van der Waals surface area contributed by atoms with E-state index in [1.807, 2.05) is 18.2 Å².